The molecule has 20 heavy (non-hydrogen) atoms. The predicted molar refractivity (Wildman–Crippen MR) is 82.1 cm³/mol. The topological polar surface area (TPSA) is 29.1 Å². The molecule has 0 atom stereocenters. The van der Waals surface area contributed by atoms with E-state index in [9.17, 15) is 4.79 Å². The smallest absolute Gasteiger partial charge is 0.253 e. The van der Waals surface area contributed by atoms with Crippen LogP contribution < -0.4 is 5.32 Å². The lowest BCUT2D eigenvalue weighted by Gasteiger charge is -2.02. The maximum atomic E-state index is 11.8. The summed E-state index contributed by atoms with van der Waals surface area (Å²) in [5.74, 6) is 5.55. The van der Waals surface area contributed by atoms with Gasteiger partial charge in [0.1, 0.15) is 0 Å². The van der Waals surface area contributed by atoms with E-state index in [1.807, 2.05) is 12.1 Å². The van der Waals surface area contributed by atoms with Gasteiger partial charge in [0.05, 0.1) is 17.1 Å². The van der Waals surface area contributed by atoms with Crippen molar-refractivity contribution in [2.24, 2.45) is 0 Å². The van der Waals surface area contributed by atoms with Gasteiger partial charge in [0.15, 0.2) is 0 Å². The molecule has 0 radical (unpaired) electrons. The highest BCUT2D eigenvalue weighted by molar-refractivity contribution is 6.33. The highest BCUT2D eigenvalue weighted by Gasteiger charge is 2.07. The van der Waals surface area contributed by atoms with Crippen LogP contribution in [0.4, 0.5) is 0 Å². The number of nitrogens with one attached hydrogen (secondary N) is 1. The van der Waals surface area contributed by atoms with Crippen LogP contribution in [0.15, 0.2) is 48.5 Å². The summed E-state index contributed by atoms with van der Waals surface area (Å²) in [5.41, 5.74) is 1.25. The summed E-state index contributed by atoms with van der Waals surface area (Å²) >= 11 is 11.8. The fourth-order valence-corrected chi connectivity index (χ4v) is 1.99. The summed E-state index contributed by atoms with van der Waals surface area (Å²) < 4.78 is 0. The van der Waals surface area contributed by atoms with Gasteiger partial charge < -0.3 is 5.32 Å². The van der Waals surface area contributed by atoms with E-state index < -0.39 is 0 Å². The number of halogens is 2. The molecule has 1 N–H and O–H groups in total. The van der Waals surface area contributed by atoms with Gasteiger partial charge in [-0.25, -0.2) is 0 Å². The van der Waals surface area contributed by atoms with Crippen molar-refractivity contribution in [1.29, 1.82) is 0 Å². The van der Waals surface area contributed by atoms with Crippen LogP contribution in [0.5, 0.6) is 0 Å². The van der Waals surface area contributed by atoms with Crippen molar-refractivity contribution in [2.75, 3.05) is 6.54 Å². The van der Waals surface area contributed by atoms with E-state index in [4.69, 9.17) is 23.2 Å². The van der Waals surface area contributed by atoms with Crippen LogP contribution in [0.25, 0.3) is 0 Å². The zero-order chi connectivity index (χ0) is 14.4. The molecule has 0 heterocycles. The average molecular weight is 304 g/mol. The second kappa shape index (κ2) is 7.00. The predicted octanol–water partition coefficient (Wildman–Crippen LogP) is 3.77. The van der Waals surface area contributed by atoms with Crippen molar-refractivity contribution in [3.8, 4) is 11.8 Å². The zero-order valence-corrected chi connectivity index (χ0v) is 12.0. The highest BCUT2D eigenvalue weighted by atomic mass is 35.5. The largest absolute Gasteiger partial charge is 0.341 e. The normalized spacial score (nSPS) is 9.50. The minimum Gasteiger partial charge on any atom is -0.341 e. The van der Waals surface area contributed by atoms with Crippen LogP contribution in [0.3, 0.4) is 0 Å². The summed E-state index contributed by atoms with van der Waals surface area (Å²) in [6, 6.07) is 14.1. The standard InChI is InChI=1S/C16H11Cl2NO/c17-13-7-3-5-12(11-13)6-4-10-19-16(20)14-8-1-2-9-15(14)18/h1-3,5,7-9,11H,10H2,(H,19,20). The molecule has 0 unspecified atom stereocenters. The van der Waals surface area contributed by atoms with E-state index in [2.05, 4.69) is 17.2 Å². The van der Waals surface area contributed by atoms with E-state index in [0.717, 1.165) is 5.56 Å². The maximum Gasteiger partial charge on any atom is 0.253 e. The molecule has 2 rings (SSSR count). The third kappa shape index (κ3) is 4.03. The SMILES string of the molecule is O=C(NCC#Cc1cccc(Cl)c1)c1ccccc1Cl. The molecular weight excluding hydrogens is 293 g/mol. The van der Waals surface area contributed by atoms with Crippen molar-refractivity contribution in [3.63, 3.8) is 0 Å². The fraction of sp³-hybridized carbons (Fsp3) is 0.0625. The minimum atomic E-state index is -0.240. The lowest BCUT2D eigenvalue weighted by atomic mass is 10.2. The highest BCUT2D eigenvalue weighted by Crippen LogP contribution is 2.14. The molecule has 0 aliphatic carbocycles. The summed E-state index contributed by atoms with van der Waals surface area (Å²) in [6.45, 7) is 0.247. The Morgan fingerprint density at radius 2 is 1.90 bits per heavy atom. The molecule has 0 bridgehead atoms. The van der Waals surface area contributed by atoms with Crippen LogP contribution in [-0.4, -0.2) is 12.5 Å². The molecule has 0 aromatic heterocycles. The third-order valence-corrected chi connectivity index (χ3v) is 3.08. The number of amides is 1. The number of benzene rings is 2. The van der Waals surface area contributed by atoms with E-state index >= 15 is 0 Å². The van der Waals surface area contributed by atoms with Gasteiger partial charge in [-0.3, -0.25) is 4.79 Å². The summed E-state index contributed by atoms with van der Waals surface area (Å²) in [7, 11) is 0. The van der Waals surface area contributed by atoms with Gasteiger partial charge >= 0.3 is 0 Å². The molecule has 2 aromatic carbocycles. The fourth-order valence-electron chi connectivity index (χ4n) is 1.58. The summed E-state index contributed by atoms with van der Waals surface area (Å²) in [6.07, 6.45) is 0. The lowest BCUT2D eigenvalue weighted by Crippen LogP contribution is -2.23. The third-order valence-electron chi connectivity index (χ3n) is 2.51. The molecule has 0 saturated carbocycles. The molecular formula is C16H11Cl2NO. The zero-order valence-electron chi connectivity index (χ0n) is 10.5. The Balaban J connectivity index is 1.94. The van der Waals surface area contributed by atoms with E-state index in [1.54, 1.807) is 36.4 Å². The molecule has 0 fully saturated rings. The Morgan fingerprint density at radius 1 is 1.10 bits per heavy atom. The van der Waals surface area contributed by atoms with Gasteiger partial charge in [0, 0.05) is 10.6 Å². The second-order valence-electron chi connectivity index (χ2n) is 3.97. The van der Waals surface area contributed by atoms with E-state index in [1.165, 1.54) is 0 Å². The van der Waals surface area contributed by atoms with E-state index in [0.29, 0.717) is 15.6 Å². The van der Waals surface area contributed by atoms with Crippen LogP contribution >= 0.6 is 23.2 Å². The van der Waals surface area contributed by atoms with Crippen LogP contribution in [0.2, 0.25) is 10.0 Å². The van der Waals surface area contributed by atoms with Crippen molar-refractivity contribution < 1.29 is 4.79 Å². The van der Waals surface area contributed by atoms with Gasteiger partial charge in [-0.1, -0.05) is 53.2 Å². The molecule has 0 aliphatic rings. The van der Waals surface area contributed by atoms with Gasteiger partial charge in [-0.2, -0.15) is 0 Å². The van der Waals surface area contributed by atoms with Crippen molar-refractivity contribution >= 4 is 29.1 Å². The van der Waals surface area contributed by atoms with Gasteiger partial charge in [0.25, 0.3) is 5.91 Å². The van der Waals surface area contributed by atoms with Gasteiger partial charge in [0.2, 0.25) is 0 Å². The Labute approximate surface area is 127 Å². The van der Waals surface area contributed by atoms with Gasteiger partial charge in [-0.05, 0) is 30.3 Å². The second-order valence-corrected chi connectivity index (χ2v) is 4.82. The lowest BCUT2D eigenvalue weighted by molar-refractivity contribution is 0.0959. The number of carbonyl (C=O) groups excluding carboxylic acids is 1. The van der Waals surface area contributed by atoms with Crippen LogP contribution in [-0.2, 0) is 0 Å². The number of hydrogen-bond donors (Lipinski definition) is 1. The number of hydrogen-bond acceptors (Lipinski definition) is 1. The first kappa shape index (κ1) is 14.5. The Morgan fingerprint density at radius 3 is 2.65 bits per heavy atom. The van der Waals surface area contributed by atoms with Crippen LogP contribution in [0.1, 0.15) is 15.9 Å². The average Bonchev–Trinajstić information content (AvgIpc) is 2.44. The van der Waals surface area contributed by atoms with Crippen LogP contribution in [0, 0.1) is 11.8 Å². The molecule has 2 nitrogen and oxygen atoms in total. The Kier molecular flexibility index (Phi) is 5.06. The van der Waals surface area contributed by atoms with Crippen molar-refractivity contribution in [2.45, 2.75) is 0 Å². The first-order chi connectivity index (χ1) is 9.66. The minimum absolute atomic E-state index is 0.240. The summed E-state index contributed by atoms with van der Waals surface area (Å²) in [5, 5.41) is 3.75. The Hall–Kier alpha value is -1.95. The van der Waals surface area contributed by atoms with Crippen molar-refractivity contribution in [3.05, 3.63) is 69.7 Å². The molecule has 0 spiro atoms. The van der Waals surface area contributed by atoms with Gasteiger partial charge in [-0.15, -0.1) is 0 Å². The Bertz CT molecular complexity index is 686. The quantitative estimate of drug-likeness (QED) is 0.841. The molecule has 2 aromatic rings. The molecule has 0 aliphatic heterocycles. The number of carbonyl (C=O) groups is 1. The van der Waals surface area contributed by atoms with Crippen molar-refractivity contribution in [1.82, 2.24) is 5.32 Å². The molecule has 100 valence electrons. The number of rotatable bonds is 2. The van der Waals surface area contributed by atoms with E-state index in [-0.39, 0.29) is 12.5 Å². The molecule has 0 saturated heterocycles. The summed E-state index contributed by atoms with van der Waals surface area (Å²) in [4.78, 5) is 11.8. The monoisotopic (exact) mass is 303 g/mol. The molecule has 4 heteroatoms. The first-order valence-electron chi connectivity index (χ1n) is 5.94. The maximum absolute atomic E-state index is 11.8. The molecule has 1 amide bonds. The first-order valence-corrected chi connectivity index (χ1v) is 6.69.